The van der Waals surface area contributed by atoms with Crippen LogP contribution in [-0.2, 0) is 32.2 Å². The predicted octanol–water partition coefficient (Wildman–Crippen LogP) is 5.41. The Morgan fingerprint density at radius 2 is 1.21 bits per heavy atom. The van der Waals surface area contributed by atoms with E-state index in [1.807, 2.05) is 10.6 Å². The van der Waals surface area contributed by atoms with Gasteiger partial charge in [-0.1, -0.05) is 6.92 Å². The maximum absolute atomic E-state index is 13.7. The van der Waals surface area contributed by atoms with Gasteiger partial charge in [0.05, 0.1) is 63.9 Å². The third-order valence-electron chi connectivity index (χ3n) is 8.46. The normalized spacial score (nSPS) is 14.5. The van der Waals surface area contributed by atoms with Crippen LogP contribution in [-0.4, -0.2) is 67.8 Å². The van der Waals surface area contributed by atoms with Gasteiger partial charge in [0.25, 0.3) is 0 Å². The van der Waals surface area contributed by atoms with E-state index in [9.17, 15) is 25.6 Å². The van der Waals surface area contributed by atoms with Gasteiger partial charge in [0.1, 0.15) is 23.3 Å². The number of nitrogens with two attached hydrogens (primary N) is 1. The van der Waals surface area contributed by atoms with Gasteiger partial charge in [-0.15, -0.1) is 0 Å². The molecule has 2 aromatic carbocycles. The number of nitrogens with one attached hydrogen (secondary N) is 1. The van der Waals surface area contributed by atoms with E-state index in [4.69, 9.17) is 5.73 Å². The smallest absolute Gasteiger partial charge is 0.232 e. The second kappa shape index (κ2) is 15.9. The fourth-order valence-electron chi connectivity index (χ4n) is 5.48. The first-order chi connectivity index (χ1) is 25.3. The van der Waals surface area contributed by atoms with Crippen LogP contribution in [0.4, 0.5) is 8.78 Å². The van der Waals surface area contributed by atoms with Gasteiger partial charge in [0.15, 0.2) is 0 Å². The monoisotopic (exact) mass is 786 g/mol. The quantitative estimate of drug-likeness (QED) is 0.169. The highest BCUT2D eigenvalue weighted by Crippen LogP contribution is 2.42. The molecule has 0 bridgehead atoms. The Labute approximate surface area is 309 Å². The van der Waals surface area contributed by atoms with Crippen molar-refractivity contribution in [1.82, 2.24) is 44.2 Å². The molecule has 0 unspecified atom stereocenters. The minimum absolute atomic E-state index is 0.00313. The molecule has 6 aromatic rings. The average Bonchev–Trinajstić information content (AvgIpc) is 4.10. The van der Waals surface area contributed by atoms with Gasteiger partial charge < -0.3 is 14.9 Å². The van der Waals surface area contributed by atoms with Gasteiger partial charge >= 0.3 is 0 Å². The molecule has 19 heteroatoms. The standard InChI is InChI=1S/C17H18FN5O2S.C15H14FN5.C2H5ClO2S/c1-2-26(24,25)20-10-13-7-11(9-19-22-13)17-21-15-6-3-12(18)8-16(15)23(17)14-4-5-14;16-10-1-4-13-14(6-10)21(12-2-3-12)15(19-13)9-5-11(7-17)20-18-8-9;1-2-6(3,4)5/h3,6-9,14,20H,2,4-5,10H2,1H3;1,4-6,8,12H,2-3,7,17H2;2H2,1H3. The molecule has 4 heterocycles. The predicted molar refractivity (Wildman–Crippen MR) is 197 cm³/mol. The Bertz CT molecular complexity index is 2490. The first-order valence-corrected chi connectivity index (χ1v) is 21.0. The molecule has 8 rings (SSSR count). The maximum atomic E-state index is 13.7. The average molecular weight is 787 g/mol. The number of nitrogens with zero attached hydrogens (tertiary/aromatic N) is 8. The Kier molecular flexibility index (Phi) is 11.4. The first-order valence-electron chi connectivity index (χ1n) is 16.9. The number of fused-ring (bicyclic) bond motifs is 2. The fourth-order valence-corrected chi connectivity index (χ4v) is 6.05. The van der Waals surface area contributed by atoms with E-state index in [1.165, 1.54) is 25.1 Å². The SMILES string of the molecule is CCS(=O)(=O)Cl.CCS(=O)(=O)NCc1cc(-c2nc3ccc(F)cc3n2C2CC2)cnn1.NCc1cc(-c2nc3ccc(F)cc3n2C2CC2)cnn1. The summed E-state index contributed by atoms with van der Waals surface area (Å²) < 4.78 is 76.6. The van der Waals surface area contributed by atoms with E-state index in [1.54, 1.807) is 43.6 Å². The number of rotatable bonds is 10. The lowest BCUT2D eigenvalue weighted by molar-refractivity contribution is 0.581. The number of benzene rings is 2. The van der Waals surface area contributed by atoms with Crippen LogP contribution in [0.15, 0.2) is 60.9 Å². The summed E-state index contributed by atoms with van der Waals surface area (Å²) in [5, 5.41) is 15.9. The van der Waals surface area contributed by atoms with Gasteiger partial charge in [0.2, 0.25) is 19.1 Å². The second-order valence-corrected chi connectivity index (χ2v) is 17.6. The first kappa shape index (κ1) is 38.2. The zero-order valence-corrected chi connectivity index (χ0v) is 31.2. The molecule has 4 aromatic heterocycles. The summed E-state index contributed by atoms with van der Waals surface area (Å²) >= 11 is 0. The van der Waals surface area contributed by atoms with Crippen molar-refractivity contribution in [3.05, 3.63) is 83.9 Å². The Morgan fingerprint density at radius 1 is 0.755 bits per heavy atom. The van der Waals surface area contributed by atoms with Crippen molar-refractivity contribution in [1.29, 1.82) is 0 Å². The second-order valence-electron chi connectivity index (χ2n) is 12.5. The number of hydrogen-bond donors (Lipinski definition) is 2. The largest absolute Gasteiger partial charge is 0.325 e. The molecule has 0 atom stereocenters. The van der Waals surface area contributed by atoms with E-state index >= 15 is 0 Å². The van der Waals surface area contributed by atoms with Crippen LogP contribution in [0.25, 0.3) is 44.8 Å². The maximum Gasteiger partial charge on any atom is 0.232 e. The minimum atomic E-state index is -3.31. The molecule has 3 N–H and O–H groups in total. The van der Waals surface area contributed by atoms with Gasteiger partial charge in [-0.25, -0.2) is 40.3 Å². The molecule has 14 nitrogen and oxygen atoms in total. The summed E-state index contributed by atoms with van der Waals surface area (Å²) in [4.78, 5) is 9.29. The molecule has 2 aliphatic carbocycles. The van der Waals surface area contributed by atoms with Crippen molar-refractivity contribution in [2.45, 2.75) is 64.7 Å². The van der Waals surface area contributed by atoms with Crippen molar-refractivity contribution >= 4 is 51.8 Å². The molecule has 53 heavy (non-hydrogen) atoms. The molecule has 0 saturated heterocycles. The van der Waals surface area contributed by atoms with Crippen molar-refractivity contribution in [3.63, 3.8) is 0 Å². The molecule has 280 valence electrons. The van der Waals surface area contributed by atoms with Crippen LogP contribution in [0.3, 0.4) is 0 Å². The number of sulfonamides is 1. The third kappa shape index (κ3) is 9.55. The van der Waals surface area contributed by atoms with Crippen molar-refractivity contribution < 1.29 is 25.6 Å². The summed E-state index contributed by atoms with van der Waals surface area (Å²) in [5.41, 5.74) is 11.5. The lowest BCUT2D eigenvalue weighted by atomic mass is 10.2. The Hall–Kier alpha value is -4.49. The third-order valence-corrected chi connectivity index (χ3v) is 11.1. The molecule has 2 saturated carbocycles. The highest BCUT2D eigenvalue weighted by atomic mass is 35.7. The fraction of sp³-hybridized carbons (Fsp3) is 0.353. The molecular weight excluding hydrogens is 750 g/mol. The molecule has 2 aliphatic rings. The number of aromatic nitrogens is 8. The lowest BCUT2D eigenvalue weighted by Crippen LogP contribution is -2.25. The van der Waals surface area contributed by atoms with Crippen molar-refractivity contribution in [2.75, 3.05) is 11.5 Å². The highest BCUT2D eigenvalue weighted by molar-refractivity contribution is 8.13. The van der Waals surface area contributed by atoms with E-state index in [2.05, 4.69) is 50.3 Å². The van der Waals surface area contributed by atoms with Crippen molar-refractivity contribution in [2.24, 2.45) is 5.73 Å². The molecular formula is C34H37ClF2N10O4S2. The summed E-state index contributed by atoms with van der Waals surface area (Å²) in [7, 11) is -1.81. The number of imidazole rings is 2. The molecule has 0 radical (unpaired) electrons. The van der Waals surface area contributed by atoms with Crippen LogP contribution in [0.1, 0.15) is 63.0 Å². The van der Waals surface area contributed by atoms with Crippen LogP contribution < -0.4 is 10.5 Å². The molecule has 2 fully saturated rings. The molecule has 0 spiro atoms. The Balaban J connectivity index is 0.000000160. The summed E-state index contributed by atoms with van der Waals surface area (Å²) in [6.07, 6.45) is 7.51. The molecule has 0 aliphatic heterocycles. The number of hydrogen-bond acceptors (Lipinski definition) is 11. The zero-order valence-electron chi connectivity index (χ0n) is 28.8. The van der Waals surface area contributed by atoms with E-state index < -0.39 is 19.1 Å². The van der Waals surface area contributed by atoms with Gasteiger partial charge in [-0.3, -0.25) is 0 Å². The Morgan fingerprint density at radius 3 is 1.62 bits per heavy atom. The van der Waals surface area contributed by atoms with Gasteiger partial charge in [-0.05, 0) is 81.1 Å². The van der Waals surface area contributed by atoms with Gasteiger partial charge in [-0.2, -0.15) is 20.4 Å². The van der Waals surface area contributed by atoms with E-state index in [0.29, 0.717) is 35.8 Å². The van der Waals surface area contributed by atoms with Crippen molar-refractivity contribution in [3.8, 4) is 22.8 Å². The lowest BCUT2D eigenvalue weighted by Gasteiger charge is -2.09. The van der Waals surface area contributed by atoms with Crippen LogP contribution in [0.5, 0.6) is 0 Å². The van der Waals surface area contributed by atoms with E-state index in [0.717, 1.165) is 64.7 Å². The van der Waals surface area contributed by atoms with Crippen LogP contribution >= 0.6 is 10.7 Å². The van der Waals surface area contributed by atoms with Crippen LogP contribution in [0.2, 0.25) is 0 Å². The topological polar surface area (TPSA) is 194 Å². The van der Waals surface area contributed by atoms with E-state index in [-0.39, 0.29) is 29.7 Å². The minimum Gasteiger partial charge on any atom is -0.325 e. The zero-order chi connectivity index (χ0) is 37.9. The highest BCUT2D eigenvalue weighted by Gasteiger charge is 2.30. The number of halogens is 3. The summed E-state index contributed by atoms with van der Waals surface area (Å²) in [5.74, 6) is 0.975. The summed E-state index contributed by atoms with van der Waals surface area (Å²) in [6, 6.07) is 13.6. The van der Waals surface area contributed by atoms with Crippen LogP contribution in [0, 0.1) is 11.6 Å². The molecule has 0 amide bonds. The van der Waals surface area contributed by atoms with Gasteiger partial charge in [0, 0.05) is 40.4 Å². The summed E-state index contributed by atoms with van der Waals surface area (Å²) in [6.45, 7) is 3.46.